The lowest BCUT2D eigenvalue weighted by Crippen LogP contribution is -2.60. The van der Waals surface area contributed by atoms with Crippen molar-refractivity contribution in [3.05, 3.63) is 12.1 Å². The molecule has 98 valence electrons. The van der Waals surface area contributed by atoms with Crippen LogP contribution in [-0.4, -0.2) is 29.7 Å². The maximum absolute atomic E-state index is 12.9. The van der Waals surface area contributed by atoms with Crippen LogP contribution in [0.5, 0.6) is 5.88 Å². The molecule has 1 aliphatic heterocycles. The number of pyridine rings is 1. The van der Waals surface area contributed by atoms with E-state index in [0.717, 1.165) is 6.92 Å². The number of ether oxygens (including phenoxy) is 1. The van der Waals surface area contributed by atoms with Crippen molar-refractivity contribution in [1.29, 1.82) is 0 Å². The van der Waals surface area contributed by atoms with Gasteiger partial charge in [0.2, 0.25) is 11.4 Å². The zero-order valence-electron chi connectivity index (χ0n) is 9.55. The number of nitrogens with one attached hydrogen (secondary N) is 2. The Morgan fingerprint density at radius 2 is 2.06 bits per heavy atom. The first kappa shape index (κ1) is 12.5. The molecule has 1 atom stereocenters. The number of rotatable bonds is 1. The maximum Gasteiger partial charge on any atom is 0.420 e. The molecular formula is C10H10F3N3O2. The molecule has 0 fully saturated rings. The summed E-state index contributed by atoms with van der Waals surface area (Å²) in [5, 5.41) is 4.28. The third-order valence-corrected chi connectivity index (χ3v) is 2.72. The van der Waals surface area contributed by atoms with Crippen molar-refractivity contribution in [1.82, 2.24) is 4.98 Å². The molecule has 0 saturated heterocycles. The Balaban J connectivity index is 2.46. The molecule has 0 aliphatic carbocycles. The van der Waals surface area contributed by atoms with Crippen LogP contribution in [0.4, 0.5) is 24.7 Å². The van der Waals surface area contributed by atoms with E-state index in [4.69, 9.17) is 4.74 Å². The number of methoxy groups -OCH3 is 1. The van der Waals surface area contributed by atoms with Gasteiger partial charge in [-0.15, -0.1) is 0 Å². The van der Waals surface area contributed by atoms with Gasteiger partial charge in [0.15, 0.2) is 5.82 Å². The summed E-state index contributed by atoms with van der Waals surface area (Å²) in [5.74, 6) is -1.09. The Morgan fingerprint density at radius 1 is 1.39 bits per heavy atom. The van der Waals surface area contributed by atoms with Gasteiger partial charge in [-0.2, -0.15) is 18.2 Å². The van der Waals surface area contributed by atoms with Crippen molar-refractivity contribution < 1.29 is 22.7 Å². The van der Waals surface area contributed by atoms with Gasteiger partial charge in [0.05, 0.1) is 12.8 Å². The fraction of sp³-hybridized carbons (Fsp3) is 0.400. The summed E-state index contributed by atoms with van der Waals surface area (Å²) in [6.07, 6.45) is -4.74. The van der Waals surface area contributed by atoms with E-state index in [0.29, 0.717) is 0 Å². The maximum atomic E-state index is 12.9. The molecule has 0 radical (unpaired) electrons. The van der Waals surface area contributed by atoms with Crippen LogP contribution in [0.25, 0.3) is 0 Å². The number of anilines is 2. The Kier molecular flexibility index (Phi) is 2.60. The fourth-order valence-electron chi connectivity index (χ4n) is 1.49. The largest absolute Gasteiger partial charge is 0.481 e. The standard InChI is InChI=1S/C10H10F3N3O2/c1-9(10(11,12)13)8(17)14-5-3-4-6(18-2)15-7(5)16-9/h3-4H,1-2H3,(H,14,17)(H,15,16). The number of alkyl halides is 3. The summed E-state index contributed by atoms with van der Waals surface area (Å²) in [6.45, 7) is 0.756. The van der Waals surface area contributed by atoms with Crippen molar-refractivity contribution in [2.75, 3.05) is 17.7 Å². The summed E-state index contributed by atoms with van der Waals surface area (Å²) in [6, 6.07) is 2.86. The minimum absolute atomic E-state index is 0.0752. The second-order valence-electron chi connectivity index (χ2n) is 3.95. The van der Waals surface area contributed by atoms with Crippen LogP contribution in [0.3, 0.4) is 0 Å². The molecular weight excluding hydrogens is 251 g/mol. The number of hydrogen-bond donors (Lipinski definition) is 2. The summed E-state index contributed by atoms with van der Waals surface area (Å²) in [4.78, 5) is 15.4. The lowest BCUT2D eigenvalue weighted by molar-refractivity contribution is -0.179. The van der Waals surface area contributed by atoms with E-state index >= 15 is 0 Å². The quantitative estimate of drug-likeness (QED) is 0.808. The van der Waals surface area contributed by atoms with Crippen LogP contribution < -0.4 is 15.4 Å². The highest BCUT2D eigenvalue weighted by molar-refractivity contribution is 6.05. The van der Waals surface area contributed by atoms with Gasteiger partial charge in [0, 0.05) is 6.07 Å². The van der Waals surface area contributed by atoms with Crippen molar-refractivity contribution >= 4 is 17.4 Å². The predicted octanol–water partition coefficient (Wildman–Crippen LogP) is 1.78. The summed E-state index contributed by atoms with van der Waals surface area (Å²) >= 11 is 0. The number of carbonyl (C=O) groups is 1. The van der Waals surface area contributed by atoms with Crippen molar-refractivity contribution in [2.45, 2.75) is 18.6 Å². The minimum Gasteiger partial charge on any atom is -0.481 e. The molecule has 0 aromatic carbocycles. The molecule has 1 aromatic rings. The van der Waals surface area contributed by atoms with Gasteiger partial charge in [-0.05, 0) is 13.0 Å². The summed E-state index contributed by atoms with van der Waals surface area (Å²) in [5.41, 5.74) is -2.53. The Labute approximate surface area is 100 Å². The van der Waals surface area contributed by atoms with E-state index in [-0.39, 0.29) is 17.4 Å². The molecule has 0 saturated carbocycles. The molecule has 5 nitrogen and oxygen atoms in total. The van der Waals surface area contributed by atoms with E-state index in [2.05, 4.69) is 15.6 Å². The smallest absolute Gasteiger partial charge is 0.420 e. The number of hydrogen-bond acceptors (Lipinski definition) is 4. The molecule has 2 heterocycles. The van der Waals surface area contributed by atoms with E-state index < -0.39 is 17.6 Å². The number of carbonyl (C=O) groups excluding carboxylic acids is 1. The number of halogens is 3. The third-order valence-electron chi connectivity index (χ3n) is 2.72. The average molecular weight is 261 g/mol. The van der Waals surface area contributed by atoms with Crippen LogP contribution >= 0.6 is 0 Å². The predicted molar refractivity (Wildman–Crippen MR) is 57.5 cm³/mol. The summed E-state index contributed by atoms with van der Waals surface area (Å²) < 4.78 is 43.4. The van der Waals surface area contributed by atoms with Crippen LogP contribution in [0.1, 0.15) is 6.92 Å². The molecule has 2 rings (SSSR count). The number of fused-ring (bicyclic) bond motifs is 1. The third kappa shape index (κ3) is 1.73. The van der Waals surface area contributed by atoms with Gasteiger partial charge in [-0.1, -0.05) is 0 Å². The Bertz CT molecular complexity index is 504. The highest BCUT2D eigenvalue weighted by Gasteiger charge is 2.59. The molecule has 0 spiro atoms. The molecule has 2 N–H and O–H groups in total. The zero-order valence-corrected chi connectivity index (χ0v) is 9.55. The highest BCUT2D eigenvalue weighted by Crippen LogP contribution is 2.39. The van der Waals surface area contributed by atoms with Crippen LogP contribution in [0, 0.1) is 0 Å². The fourth-order valence-corrected chi connectivity index (χ4v) is 1.49. The first-order valence-electron chi connectivity index (χ1n) is 4.99. The van der Waals surface area contributed by atoms with Crippen LogP contribution in [0.2, 0.25) is 0 Å². The van der Waals surface area contributed by atoms with Gasteiger partial charge in [-0.3, -0.25) is 4.79 Å². The number of nitrogens with zero attached hydrogens (tertiary/aromatic N) is 1. The second-order valence-corrected chi connectivity index (χ2v) is 3.95. The molecule has 1 unspecified atom stereocenters. The SMILES string of the molecule is COc1ccc2c(n1)NC(C)(C(F)(F)F)C(=O)N2. The lowest BCUT2D eigenvalue weighted by Gasteiger charge is -2.36. The molecule has 1 amide bonds. The van der Waals surface area contributed by atoms with Gasteiger partial charge in [0.1, 0.15) is 0 Å². The first-order chi connectivity index (χ1) is 8.28. The molecule has 18 heavy (non-hydrogen) atoms. The zero-order chi connectivity index (χ0) is 13.6. The van der Waals surface area contributed by atoms with Gasteiger partial charge < -0.3 is 15.4 Å². The molecule has 0 bridgehead atoms. The summed E-state index contributed by atoms with van der Waals surface area (Å²) in [7, 11) is 1.35. The lowest BCUT2D eigenvalue weighted by atomic mass is 9.98. The number of amides is 1. The highest BCUT2D eigenvalue weighted by atomic mass is 19.4. The Hall–Kier alpha value is -1.99. The van der Waals surface area contributed by atoms with E-state index in [9.17, 15) is 18.0 Å². The van der Waals surface area contributed by atoms with E-state index in [1.165, 1.54) is 19.2 Å². The Morgan fingerprint density at radius 3 is 2.61 bits per heavy atom. The normalized spacial score (nSPS) is 22.8. The van der Waals surface area contributed by atoms with Crippen LogP contribution in [0.15, 0.2) is 12.1 Å². The van der Waals surface area contributed by atoms with E-state index in [1.54, 1.807) is 0 Å². The van der Waals surface area contributed by atoms with Gasteiger partial charge in [0.25, 0.3) is 5.91 Å². The second kappa shape index (κ2) is 3.76. The van der Waals surface area contributed by atoms with Gasteiger partial charge >= 0.3 is 6.18 Å². The minimum atomic E-state index is -4.74. The topological polar surface area (TPSA) is 63.2 Å². The monoisotopic (exact) mass is 261 g/mol. The van der Waals surface area contributed by atoms with Gasteiger partial charge in [-0.25, -0.2) is 0 Å². The van der Waals surface area contributed by atoms with Crippen LogP contribution in [-0.2, 0) is 4.79 Å². The van der Waals surface area contributed by atoms with Crippen molar-refractivity contribution in [3.8, 4) is 5.88 Å². The molecule has 1 aromatic heterocycles. The van der Waals surface area contributed by atoms with Crippen molar-refractivity contribution in [2.24, 2.45) is 0 Å². The van der Waals surface area contributed by atoms with E-state index in [1.807, 2.05) is 0 Å². The first-order valence-corrected chi connectivity index (χ1v) is 4.99. The number of aromatic nitrogens is 1. The average Bonchev–Trinajstić information content (AvgIpc) is 2.28. The molecule has 8 heteroatoms. The van der Waals surface area contributed by atoms with Crippen molar-refractivity contribution in [3.63, 3.8) is 0 Å². The molecule has 1 aliphatic rings.